The van der Waals surface area contributed by atoms with Crippen molar-refractivity contribution < 1.29 is 14.3 Å². The second-order valence-corrected chi connectivity index (χ2v) is 7.10. The van der Waals surface area contributed by atoms with Gasteiger partial charge in [-0.3, -0.25) is 4.79 Å². The number of aryl methyl sites for hydroxylation is 2. The van der Waals surface area contributed by atoms with E-state index in [0.717, 1.165) is 15.8 Å². The molecule has 0 N–H and O–H groups in total. The first kappa shape index (κ1) is 18.5. The smallest absolute Gasteiger partial charge is 0.287 e. The number of nitrogens with zero attached hydrogens (tertiary/aromatic N) is 2. The summed E-state index contributed by atoms with van der Waals surface area (Å²) in [5.41, 5.74) is 2.40. The summed E-state index contributed by atoms with van der Waals surface area (Å²) < 4.78 is 13.6. The van der Waals surface area contributed by atoms with Crippen molar-refractivity contribution in [3.8, 4) is 11.5 Å². The molecule has 1 amide bonds. The summed E-state index contributed by atoms with van der Waals surface area (Å²) in [5, 5.41) is 0.670. The van der Waals surface area contributed by atoms with Gasteiger partial charge in [-0.25, -0.2) is 0 Å². The molecule has 2 aromatic carbocycles. The topological polar surface area (TPSA) is 52.8 Å². The number of fused-ring (bicyclic) bond motifs is 1. The van der Waals surface area contributed by atoms with E-state index in [1.54, 1.807) is 18.2 Å². The largest absolute Gasteiger partial charge is 0.496 e. The van der Waals surface area contributed by atoms with Crippen LogP contribution < -0.4 is 14.3 Å². The Morgan fingerprint density at radius 3 is 2.46 bits per heavy atom. The third-order valence-electron chi connectivity index (χ3n) is 4.09. The number of benzene rings is 2. The summed E-state index contributed by atoms with van der Waals surface area (Å²) in [6.45, 7) is 4.72. The second kappa shape index (κ2) is 7.51. The first-order valence-electron chi connectivity index (χ1n) is 8.09. The maximum atomic E-state index is 12.9. The molecule has 1 heterocycles. The highest BCUT2D eigenvalue weighted by Crippen LogP contribution is 2.29. The molecule has 0 bridgehead atoms. The standard InChI is InChI=1S/C19H19ClN2O3S/c1-5-22-17-11(2)9-12(20)10-15(17)26-19(22)21-18(23)16-13(24-3)7-6-8-14(16)25-4/h6-10H,5H2,1-4H3. The van der Waals surface area contributed by atoms with E-state index in [9.17, 15) is 4.79 Å². The van der Waals surface area contributed by atoms with Crippen LogP contribution in [0.5, 0.6) is 11.5 Å². The van der Waals surface area contributed by atoms with Crippen molar-refractivity contribution in [3.63, 3.8) is 0 Å². The Balaban J connectivity index is 2.23. The number of thiazole rings is 1. The molecule has 0 fully saturated rings. The van der Waals surface area contributed by atoms with Gasteiger partial charge < -0.3 is 14.0 Å². The summed E-state index contributed by atoms with van der Waals surface area (Å²) in [6, 6.07) is 9.01. The number of hydrogen-bond acceptors (Lipinski definition) is 4. The second-order valence-electron chi connectivity index (χ2n) is 5.65. The van der Waals surface area contributed by atoms with Crippen molar-refractivity contribution in [1.29, 1.82) is 0 Å². The Hall–Kier alpha value is -2.31. The number of methoxy groups -OCH3 is 2. The molecule has 0 aliphatic carbocycles. The first-order valence-corrected chi connectivity index (χ1v) is 9.29. The fourth-order valence-electron chi connectivity index (χ4n) is 2.96. The minimum absolute atomic E-state index is 0.312. The molecule has 0 saturated heterocycles. The lowest BCUT2D eigenvalue weighted by Gasteiger charge is -2.09. The van der Waals surface area contributed by atoms with E-state index in [4.69, 9.17) is 21.1 Å². The van der Waals surface area contributed by atoms with Crippen molar-refractivity contribution in [2.24, 2.45) is 4.99 Å². The van der Waals surface area contributed by atoms with Crippen LogP contribution in [0.4, 0.5) is 0 Å². The molecule has 3 rings (SSSR count). The minimum atomic E-state index is -0.406. The van der Waals surface area contributed by atoms with Gasteiger partial charge in [0.25, 0.3) is 5.91 Å². The van der Waals surface area contributed by atoms with Crippen molar-refractivity contribution in [2.75, 3.05) is 14.2 Å². The van der Waals surface area contributed by atoms with Crippen LogP contribution in [0.1, 0.15) is 22.8 Å². The van der Waals surface area contributed by atoms with Crippen molar-refractivity contribution in [1.82, 2.24) is 4.57 Å². The van der Waals surface area contributed by atoms with E-state index in [0.29, 0.717) is 33.4 Å². The van der Waals surface area contributed by atoms with Crippen LogP contribution in [0.3, 0.4) is 0 Å². The number of rotatable bonds is 4. The monoisotopic (exact) mass is 390 g/mol. The summed E-state index contributed by atoms with van der Waals surface area (Å²) in [6.07, 6.45) is 0. The third kappa shape index (κ3) is 3.22. The van der Waals surface area contributed by atoms with Crippen molar-refractivity contribution in [2.45, 2.75) is 20.4 Å². The summed E-state index contributed by atoms with van der Waals surface area (Å²) in [7, 11) is 3.03. The number of halogens is 1. The lowest BCUT2D eigenvalue weighted by Crippen LogP contribution is -2.17. The van der Waals surface area contributed by atoms with Crippen LogP contribution >= 0.6 is 22.9 Å². The molecule has 1 aromatic heterocycles. The van der Waals surface area contributed by atoms with E-state index in [1.807, 2.05) is 30.5 Å². The Morgan fingerprint density at radius 2 is 1.88 bits per heavy atom. The number of amides is 1. The highest BCUT2D eigenvalue weighted by atomic mass is 35.5. The van der Waals surface area contributed by atoms with Gasteiger partial charge in [0.2, 0.25) is 0 Å². The molecule has 0 saturated carbocycles. The number of aromatic nitrogens is 1. The number of carbonyl (C=O) groups is 1. The van der Waals surface area contributed by atoms with E-state index >= 15 is 0 Å². The van der Waals surface area contributed by atoms with Gasteiger partial charge in [-0.1, -0.05) is 29.0 Å². The van der Waals surface area contributed by atoms with Crippen LogP contribution in [0.2, 0.25) is 5.02 Å². The molecule has 0 aliphatic rings. The third-order valence-corrected chi connectivity index (χ3v) is 5.33. The van der Waals surface area contributed by atoms with Crippen LogP contribution in [-0.4, -0.2) is 24.7 Å². The number of ether oxygens (including phenoxy) is 2. The van der Waals surface area contributed by atoms with Crippen LogP contribution in [-0.2, 0) is 6.54 Å². The Kier molecular flexibility index (Phi) is 5.34. The van der Waals surface area contributed by atoms with Crippen LogP contribution in [0.25, 0.3) is 10.2 Å². The molecule has 0 atom stereocenters. The Labute approximate surface area is 160 Å². The first-order chi connectivity index (χ1) is 12.5. The lowest BCUT2D eigenvalue weighted by atomic mass is 10.1. The fraction of sp³-hybridized carbons (Fsp3) is 0.263. The highest BCUT2D eigenvalue weighted by molar-refractivity contribution is 7.16. The van der Waals surface area contributed by atoms with Gasteiger partial charge in [0.05, 0.1) is 24.4 Å². The van der Waals surface area contributed by atoms with Gasteiger partial charge in [0.1, 0.15) is 17.1 Å². The van der Waals surface area contributed by atoms with E-state index in [2.05, 4.69) is 4.99 Å². The molecular formula is C19H19ClN2O3S. The molecule has 0 aliphatic heterocycles. The SMILES string of the molecule is CCn1c(=NC(=O)c2c(OC)cccc2OC)sc2cc(Cl)cc(C)c21. The molecular weight excluding hydrogens is 372 g/mol. The van der Waals surface area contributed by atoms with Crippen LogP contribution in [0, 0.1) is 6.92 Å². The minimum Gasteiger partial charge on any atom is -0.496 e. The van der Waals surface area contributed by atoms with Gasteiger partial charge in [-0.2, -0.15) is 4.99 Å². The zero-order valence-electron chi connectivity index (χ0n) is 15.0. The summed E-state index contributed by atoms with van der Waals surface area (Å²) >= 11 is 7.61. The Morgan fingerprint density at radius 1 is 1.23 bits per heavy atom. The zero-order chi connectivity index (χ0) is 18.8. The van der Waals surface area contributed by atoms with Crippen molar-refractivity contribution >= 4 is 39.1 Å². The van der Waals surface area contributed by atoms with E-state index < -0.39 is 5.91 Å². The maximum Gasteiger partial charge on any atom is 0.287 e. The highest BCUT2D eigenvalue weighted by Gasteiger charge is 2.18. The van der Waals surface area contributed by atoms with E-state index in [1.165, 1.54) is 25.6 Å². The lowest BCUT2D eigenvalue weighted by molar-refractivity contribution is 0.0992. The van der Waals surface area contributed by atoms with Gasteiger partial charge in [0.15, 0.2) is 4.80 Å². The normalized spacial score (nSPS) is 11.8. The number of carbonyl (C=O) groups excluding carboxylic acids is 1. The summed E-state index contributed by atoms with van der Waals surface area (Å²) in [5.74, 6) is 0.458. The van der Waals surface area contributed by atoms with Crippen LogP contribution in [0.15, 0.2) is 35.3 Å². The maximum absolute atomic E-state index is 12.9. The van der Waals surface area contributed by atoms with Gasteiger partial charge in [-0.15, -0.1) is 0 Å². The molecule has 136 valence electrons. The average Bonchev–Trinajstić information content (AvgIpc) is 2.97. The quantitative estimate of drug-likeness (QED) is 0.661. The van der Waals surface area contributed by atoms with Gasteiger partial charge in [0, 0.05) is 11.6 Å². The predicted molar refractivity (Wildman–Crippen MR) is 105 cm³/mol. The molecule has 3 aromatic rings. The Bertz CT molecular complexity index is 1030. The molecule has 0 unspecified atom stereocenters. The van der Waals surface area contributed by atoms with E-state index in [-0.39, 0.29) is 0 Å². The average molecular weight is 391 g/mol. The fourth-order valence-corrected chi connectivity index (χ4v) is 4.51. The predicted octanol–water partition coefficient (Wildman–Crippen LogP) is 4.44. The zero-order valence-corrected chi connectivity index (χ0v) is 16.6. The summed E-state index contributed by atoms with van der Waals surface area (Å²) in [4.78, 5) is 17.9. The molecule has 0 spiro atoms. The molecule has 5 nitrogen and oxygen atoms in total. The van der Waals surface area contributed by atoms with Gasteiger partial charge >= 0.3 is 0 Å². The molecule has 26 heavy (non-hydrogen) atoms. The number of hydrogen-bond donors (Lipinski definition) is 0. The molecule has 0 radical (unpaired) electrons. The van der Waals surface area contributed by atoms with Gasteiger partial charge in [-0.05, 0) is 43.7 Å². The molecule has 7 heteroatoms. The van der Waals surface area contributed by atoms with Crippen molar-refractivity contribution in [3.05, 3.63) is 51.3 Å².